The van der Waals surface area contributed by atoms with Gasteiger partial charge in [0.15, 0.2) is 11.5 Å². The van der Waals surface area contributed by atoms with Crippen LogP contribution in [0.5, 0.6) is 11.5 Å². The summed E-state index contributed by atoms with van der Waals surface area (Å²) in [6.45, 7) is 6.36. The molecule has 0 saturated heterocycles. The zero-order chi connectivity index (χ0) is 18.2. The Balaban J connectivity index is 2.06. The maximum atomic E-state index is 10.8. The second kappa shape index (κ2) is 8.68. The molecule has 2 N–H and O–H groups in total. The lowest BCUT2D eigenvalue weighted by Crippen LogP contribution is -2.07. The lowest BCUT2D eigenvalue weighted by atomic mass is 10.2. The van der Waals surface area contributed by atoms with Crippen molar-refractivity contribution in [1.29, 1.82) is 0 Å². The number of anilines is 1. The Morgan fingerprint density at radius 3 is 2.72 bits per heavy atom. The third kappa shape index (κ3) is 5.49. The van der Waals surface area contributed by atoms with Gasteiger partial charge < -0.3 is 14.6 Å². The molecule has 0 aliphatic carbocycles. The fourth-order valence-corrected chi connectivity index (χ4v) is 1.98. The Morgan fingerprint density at radius 2 is 2.12 bits per heavy atom. The number of aromatic carboxylic acids is 1. The van der Waals surface area contributed by atoms with E-state index >= 15 is 0 Å². The highest BCUT2D eigenvalue weighted by atomic mass is 16.5. The maximum absolute atomic E-state index is 10.8. The van der Waals surface area contributed by atoms with E-state index in [2.05, 4.69) is 15.5 Å². The Labute approximate surface area is 146 Å². The van der Waals surface area contributed by atoms with Crippen LogP contribution < -0.4 is 14.9 Å². The highest BCUT2D eigenvalue weighted by molar-refractivity contribution is 5.87. The molecule has 0 fully saturated rings. The monoisotopic (exact) mass is 343 g/mol. The SMILES string of the molecule is CCOc1cc(/C=N/Nc2ccc(C(=O)O)cn2)ccc1OC(C)C. The number of hydrazone groups is 1. The number of ether oxygens (including phenoxy) is 2. The van der Waals surface area contributed by atoms with Crippen molar-refractivity contribution < 1.29 is 19.4 Å². The highest BCUT2D eigenvalue weighted by Gasteiger charge is 2.07. The fraction of sp³-hybridized carbons (Fsp3) is 0.278. The largest absolute Gasteiger partial charge is 0.490 e. The summed E-state index contributed by atoms with van der Waals surface area (Å²) in [4.78, 5) is 14.8. The minimum atomic E-state index is -1.02. The molecule has 0 saturated carbocycles. The lowest BCUT2D eigenvalue weighted by Gasteiger charge is -2.14. The summed E-state index contributed by atoms with van der Waals surface area (Å²) in [5, 5.41) is 12.9. The predicted molar refractivity (Wildman–Crippen MR) is 95.8 cm³/mol. The van der Waals surface area contributed by atoms with Gasteiger partial charge in [-0.1, -0.05) is 0 Å². The van der Waals surface area contributed by atoms with Crippen LogP contribution in [0.3, 0.4) is 0 Å². The molecule has 0 amide bonds. The smallest absolute Gasteiger partial charge is 0.337 e. The zero-order valence-corrected chi connectivity index (χ0v) is 14.4. The second-order valence-corrected chi connectivity index (χ2v) is 5.41. The van der Waals surface area contributed by atoms with Gasteiger partial charge in [0, 0.05) is 6.20 Å². The predicted octanol–water partition coefficient (Wildman–Crippen LogP) is 3.41. The van der Waals surface area contributed by atoms with Crippen LogP contribution in [0.15, 0.2) is 41.6 Å². The molecule has 0 spiro atoms. The number of hydrogen-bond donors (Lipinski definition) is 2. The minimum absolute atomic E-state index is 0.0558. The van der Waals surface area contributed by atoms with E-state index < -0.39 is 5.97 Å². The molecule has 132 valence electrons. The van der Waals surface area contributed by atoms with Crippen LogP contribution in [0.1, 0.15) is 36.7 Å². The van der Waals surface area contributed by atoms with Crippen molar-refractivity contribution in [3.05, 3.63) is 47.7 Å². The third-order valence-electron chi connectivity index (χ3n) is 3.03. The molecule has 1 heterocycles. The van der Waals surface area contributed by atoms with E-state index in [1.54, 1.807) is 12.3 Å². The van der Waals surface area contributed by atoms with Crippen LogP contribution in [0.25, 0.3) is 0 Å². The average Bonchev–Trinajstić information content (AvgIpc) is 2.57. The molecule has 2 rings (SSSR count). The average molecular weight is 343 g/mol. The molecule has 0 atom stereocenters. The van der Waals surface area contributed by atoms with E-state index in [-0.39, 0.29) is 11.7 Å². The maximum Gasteiger partial charge on any atom is 0.337 e. The van der Waals surface area contributed by atoms with Crippen molar-refractivity contribution in [2.75, 3.05) is 12.0 Å². The number of nitrogens with zero attached hydrogens (tertiary/aromatic N) is 2. The Hall–Kier alpha value is -3.09. The molecule has 0 unspecified atom stereocenters. The van der Waals surface area contributed by atoms with Gasteiger partial charge >= 0.3 is 5.97 Å². The van der Waals surface area contributed by atoms with E-state index in [9.17, 15) is 4.79 Å². The molecule has 0 aliphatic heterocycles. The van der Waals surface area contributed by atoms with E-state index in [0.717, 1.165) is 5.56 Å². The van der Waals surface area contributed by atoms with E-state index in [0.29, 0.717) is 23.9 Å². The summed E-state index contributed by atoms with van der Waals surface area (Å²) >= 11 is 0. The summed E-state index contributed by atoms with van der Waals surface area (Å²) < 4.78 is 11.3. The first-order chi connectivity index (χ1) is 12.0. The molecule has 7 heteroatoms. The summed E-state index contributed by atoms with van der Waals surface area (Å²) in [6, 6.07) is 8.55. The molecular weight excluding hydrogens is 322 g/mol. The van der Waals surface area contributed by atoms with Gasteiger partial charge in [-0.05, 0) is 56.7 Å². The zero-order valence-electron chi connectivity index (χ0n) is 14.4. The topological polar surface area (TPSA) is 93.0 Å². The number of benzene rings is 1. The molecule has 0 bridgehead atoms. The summed E-state index contributed by atoms with van der Waals surface area (Å²) in [5.74, 6) is 0.776. The van der Waals surface area contributed by atoms with Gasteiger partial charge in [0.1, 0.15) is 5.82 Å². The van der Waals surface area contributed by atoms with E-state index in [4.69, 9.17) is 14.6 Å². The molecule has 0 aliphatic rings. The quantitative estimate of drug-likeness (QED) is 0.563. The van der Waals surface area contributed by atoms with Crippen LogP contribution in [-0.4, -0.2) is 35.0 Å². The first-order valence-corrected chi connectivity index (χ1v) is 7.91. The number of carboxylic acids is 1. The Morgan fingerprint density at radius 1 is 1.32 bits per heavy atom. The van der Waals surface area contributed by atoms with Gasteiger partial charge in [-0.2, -0.15) is 5.10 Å². The van der Waals surface area contributed by atoms with Crippen LogP contribution in [-0.2, 0) is 0 Å². The van der Waals surface area contributed by atoms with Crippen molar-refractivity contribution in [3.8, 4) is 11.5 Å². The van der Waals surface area contributed by atoms with Crippen LogP contribution in [0.2, 0.25) is 0 Å². The van der Waals surface area contributed by atoms with Crippen molar-refractivity contribution in [2.24, 2.45) is 5.10 Å². The Bertz CT molecular complexity index is 742. The van der Waals surface area contributed by atoms with E-state index in [1.165, 1.54) is 12.3 Å². The second-order valence-electron chi connectivity index (χ2n) is 5.41. The Kier molecular flexibility index (Phi) is 6.33. The molecule has 25 heavy (non-hydrogen) atoms. The van der Waals surface area contributed by atoms with Crippen molar-refractivity contribution in [1.82, 2.24) is 4.98 Å². The number of nitrogens with one attached hydrogen (secondary N) is 1. The molecule has 1 aromatic heterocycles. The van der Waals surface area contributed by atoms with Gasteiger partial charge in [-0.15, -0.1) is 0 Å². The number of carbonyl (C=O) groups is 1. The molecular formula is C18H21N3O4. The number of rotatable bonds is 8. The van der Waals surface area contributed by atoms with Crippen molar-refractivity contribution in [2.45, 2.75) is 26.9 Å². The first-order valence-electron chi connectivity index (χ1n) is 7.91. The van der Waals surface area contributed by atoms with Gasteiger partial charge in [-0.3, -0.25) is 5.43 Å². The molecule has 2 aromatic rings. The van der Waals surface area contributed by atoms with Gasteiger partial charge in [0.25, 0.3) is 0 Å². The summed E-state index contributed by atoms with van der Waals surface area (Å²) in [7, 11) is 0. The number of pyridine rings is 1. The van der Waals surface area contributed by atoms with Crippen molar-refractivity contribution in [3.63, 3.8) is 0 Å². The van der Waals surface area contributed by atoms with Gasteiger partial charge in [0.05, 0.1) is 24.5 Å². The fourth-order valence-electron chi connectivity index (χ4n) is 1.98. The number of carboxylic acid groups (broad SMARTS) is 1. The minimum Gasteiger partial charge on any atom is -0.490 e. The van der Waals surface area contributed by atoms with Gasteiger partial charge in [-0.25, -0.2) is 9.78 Å². The standard InChI is InChI=1S/C18H21N3O4/c1-4-24-16-9-13(5-7-15(16)25-12(2)3)10-20-21-17-8-6-14(11-19-17)18(22)23/h5-12H,4H2,1-3H3,(H,19,21)(H,22,23)/b20-10+. The van der Waals surface area contributed by atoms with E-state index in [1.807, 2.05) is 39.0 Å². The van der Waals surface area contributed by atoms with Crippen molar-refractivity contribution >= 4 is 18.0 Å². The summed E-state index contributed by atoms with van der Waals surface area (Å²) in [5.41, 5.74) is 3.70. The van der Waals surface area contributed by atoms with Crippen LogP contribution >= 0.6 is 0 Å². The van der Waals surface area contributed by atoms with Crippen LogP contribution in [0, 0.1) is 0 Å². The lowest BCUT2D eigenvalue weighted by molar-refractivity contribution is 0.0696. The normalized spacial score (nSPS) is 10.9. The van der Waals surface area contributed by atoms with Crippen LogP contribution in [0.4, 0.5) is 5.82 Å². The highest BCUT2D eigenvalue weighted by Crippen LogP contribution is 2.29. The first kappa shape index (κ1) is 18.3. The number of aromatic nitrogens is 1. The molecule has 7 nitrogen and oxygen atoms in total. The summed E-state index contributed by atoms with van der Waals surface area (Å²) in [6.07, 6.45) is 2.94. The third-order valence-corrected chi connectivity index (χ3v) is 3.03. The molecule has 0 radical (unpaired) electrons. The molecule has 1 aromatic carbocycles. The number of hydrogen-bond acceptors (Lipinski definition) is 6. The van der Waals surface area contributed by atoms with Gasteiger partial charge in [0.2, 0.25) is 0 Å².